The fourth-order valence-electron chi connectivity index (χ4n) is 1.87. The molecule has 1 heterocycles. The van der Waals surface area contributed by atoms with E-state index in [2.05, 4.69) is 48.1 Å². The smallest absolute Gasteiger partial charge is 0.166 e. The quantitative estimate of drug-likeness (QED) is 0.768. The number of thiophene rings is 1. The third kappa shape index (κ3) is 4.80. The van der Waals surface area contributed by atoms with Gasteiger partial charge in [-0.3, -0.25) is 0 Å². The molecule has 0 fully saturated rings. The minimum Gasteiger partial charge on any atom is -0.486 e. The fourth-order valence-corrected chi connectivity index (χ4v) is 3.20. The summed E-state index contributed by atoms with van der Waals surface area (Å²) in [6.07, 6.45) is 0. The number of hydrogen-bond acceptors (Lipinski definition) is 3. The lowest BCUT2D eigenvalue weighted by atomic mass is 10.2. The Morgan fingerprint density at radius 2 is 2.10 bits per heavy atom. The van der Waals surface area contributed by atoms with Gasteiger partial charge in [0.2, 0.25) is 0 Å². The lowest BCUT2D eigenvalue weighted by Gasteiger charge is -2.07. The summed E-state index contributed by atoms with van der Waals surface area (Å²) in [4.78, 5) is 2.49. The number of nitrogens with one attached hydrogen (secondary N) is 1. The molecule has 1 aromatic heterocycles. The largest absolute Gasteiger partial charge is 0.486 e. The van der Waals surface area contributed by atoms with Gasteiger partial charge >= 0.3 is 0 Å². The average Bonchev–Trinajstić information content (AvgIpc) is 2.76. The first-order valence-corrected chi connectivity index (χ1v) is 8.46. The molecule has 5 heteroatoms. The van der Waals surface area contributed by atoms with Crippen LogP contribution in [0.5, 0.6) is 5.75 Å². The second kappa shape index (κ2) is 7.38. The summed E-state index contributed by atoms with van der Waals surface area (Å²) in [7, 11) is 0. The molecular weight excluding hydrogens is 353 g/mol. The van der Waals surface area contributed by atoms with Crippen LogP contribution in [0.2, 0.25) is 0 Å². The number of halogens is 2. The van der Waals surface area contributed by atoms with E-state index < -0.39 is 0 Å². The third-order valence-electron chi connectivity index (χ3n) is 3.03. The molecule has 0 aliphatic rings. The molecule has 0 saturated heterocycles. The molecule has 0 unspecified atom stereocenters. The SMILES string of the molecule is Cc1sc(CNC(C)C)cc1COc1ccc(Br)cc1F. The normalized spacial score (nSPS) is 11.1. The molecule has 21 heavy (non-hydrogen) atoms. The molecule has 2 rings (SSSR count). The Bertz CT molecular complexity index is 612. The number of rotatable bonds is 6. The maximum Gasteiger partial charge on any atom is 0.166 e. The molecular formula is C16H19BrFNOS. The third-order valence-corrected chi connectivity index (χ3v) is 4.62. The van der Waals surface area contributed by atoms with Crippen LogP contribution in [0.4, 0.5) is 4.39 Å². The van der Waals surface area contributed by atoms with Crippen molar-refractivity contribution in [3.8, 4) is 5.75 Å². The summed E-state index contributed by atoms with van der Waals surface area (Å²) in [5.41, 5.74) is 1.11. The van der Waals surface area contributed by atoms with Crippen molar-refractivity contribution >= 4 is 27.3 Å². The van der Waals surface area contributed by atoms with Crippen molar-refractivity contribution in [1.29, 1.82) is 0 Å². The van der Waals surface area contributed by atoms with Gasteiger partial charge in [0.15, 0.2) is 11.6 Å². The minimum atomic E-state index is -0.348. The molecule has 2 aromatic rings. The number of benzene rings is 1. The summed E-state index contributed by atoms with van der Waals surface area (Å²) in [5, 5.41) is 3.40. The van der Waals surface area contributed by atoms with Gasteiger partial charge in [-0.05, 0) is 31.2 Å². The maximum absolute atomic E-state index is 13.7. The summed E-state index contributed by atoms with van der Waals surface area (Å²) >= 11 is 4.99. The van der Waals surface area contributed by atoms with Gasteiger partial charge in [0.25, 0.3) is 0 Å². The van der Waals surface area contributed by atoms with Gasteiger partial charge in [0.1, 0.15) is 6.61 Å². The highest BCUT2D eigenvalue weighted by Crippen LogP contribution is 2.26. The first kappa shape index (κ1) is 16.5. The van der Waals surface area contributed by atoms with Gasteiger partial charge in [-0.2, -0.15) is 0 Å². The molecule has 114 valence electrons. The Morgan fingerprint density at radius 1 is 1.33 bits per heavy atom. The number of aryl methyl sites for hydroxylation is 1. The van der Waals surface area contributed by atoms with E-state index in [1.807, 2.05) is 0 Å². The van der Waals surface area contributed by atoms with Crippen LogP contribution >= 0.6 is 27.3 Å². The Hall–Kier alpha value is -0.910. The predicted octanol–water partition coefficient (Wildman–Crippen LogP) is 5.04. The monoisotopic (exact) mass is 371 g/mol. The first-order chi connectivity index (χ1) is 9.95. The van der Waals surface area contributed by atoms with Gasteiger partial charge in [0, 0.05) is 32.4 Å². The summed E-state index contributed by atoms with van der Waals surface area (Å²) in [6.45, 7) is 7.57. The van der Waals surface area contributed by atoms with E-state index in [1.54, 1.807) is 23.5 Å². The fraction of sp³-hybridized carbons (Fsp3) is 0.375. The van der Waals surface area contributed by atoms with Gasteiger partial charge < -0.3 is 10.1 Å². The van der Waals surface area contributed by atoms with E-state index in [-0.39, 0.29) is 11.6 Å². The van der Waals surface area contributed by atoms with Crippen LogP contribution in [0.1, 0.15) is 29.2 Å². The molecule has 0 radical (unpaired) electrons. The predicted molar refractivity (Wildman–Crippen MR) is 89.5 cm³/mol. The molecule has 0 aliphatic heterocycles. The summed E-state index contributed by atoms with van der Waals surface area (Å²) in [6, 6.07) is 7.42. The number of hydrogen-bond donors (Lipinski definition) is 1. The topological polar surface area (TPSA) is 21.3 Å². The molecule has 0 aliphatic carbocycles. The molecule has 0 amide bonds. The molecule has 0 bridgehead atoms. The molecule has 0 atom stereocenters. The highest BCUT2D eigenvalue weighted by atomic mass is 79.9. The van der Waals surface area contributed by atoms with Crippen LogP contribution < -0.4 is 10.1 Å². The Labute approximate surface area is 137 Å². The highest BCUT2D eigenvalue weighted by Gasteiger charge is 2.09. The Balaban J connectivity index is 1.99. The van der Waals surface area contributed by atoms with E-state index in [4.69, 9.17) is 4.74 Å². The minimum absolute atomic E-state index is 0.283. The van der Waals surface area contributed by atoms with Crippen LogP contribution in [-0.2, 0) is 13.2 Å². The highest BCUT2D eigenvalue weighted by molar-refractivity contribution is 9.10. The van der Waals surface area contributed by atoms with Crippen molar-refractivity contribution in [2.24, 2.45) is 0 Å². The van der Waals surface area contributed by atoms with Crippen LogP contribution in [0.3, 0.4) is 0 Å². The van der Waals surface area contributed by atoms with Crippen molar-refractivity contribution in [3.63, 3.8) is 0 Å². The van der Waals surface area contributed by atoms with E-state index in [9.17, 15) is 4.39 Å². The standard InChI is InChI=1S/C16H19BrFNOS/c1-10(2)19-8-14-6-12(11(3)21-14)9-20-16-5-4-13(17)7-15(16)18/h4-7,10,19H,8-9H2,1-3H3. The van der Waals surface area contributed by atoms with E-state index in [0.717, 1.165) is 12.1 Å². The average molecular weight is 372 g/mol. The zero-order chi connectivity index (χ0) is 15.4. The molecule has 0 saturated carbocycles. The Kier molecular flexibility index (Phi) is 5.79. The molecule has 2 nitrogen and oxygen atoms in total. The summed E-state index contributed by atoms with van der Waals surface area (Å²) < 4.78 is 20.0. The van der Waals surface area contributed by atoms with E-state index in [0.29, 0.717) is 17.1 Å². The zero-order valence-corrected chi connectivity index (χ0v) is 14.8. The van der Waals surface area contributed by atoms with Gasteiger partial charge in [-0.1, -0.05) is 29.8 Å². The second-order valence-electron chi connectivity index (χ2n) is 5.19. The maximum atomic E-state index is 13.7. The first-order valence-electron chi connectivity index (χ1n) is 6.85. The van der Waals surface area contributed by atoms with E-state index >= 15 is 0 Å². The van der Waals surface area contributed by atoms with Crippen molar-refractivity contribution in [2.45, 2.75) is 40.0 Å². The van der Waals surface area contributed by atoms with Crippen molar-refractivity contribution in [2.75, 3.05) is 0 Å². The lowest BCUT2D eigenvalue weighted by molar-refractivity contribution is 0.290. The molecule has 0 spiro atoms. The lowest BCUT2D eigenvalue weighted by Crippen LogP contribution is -2.21. The van der Waals surface area contributed by atoms with Gasteiger partial charge in [-0.25, -0.2) is 4.39 Å². The Morgan fingerprint density at radius 3 is 2.76 bits per heavy atom. The zero-order valence-electron chi connectivity index (χ0n) is 12.4. The van der Waals surface area contributed by atoms with Crippen LogP contribution in [0, 0.1) is 12.7 Å². The molecule has 1 N–H and O–H groups in total. The van der Waals surface area contributed by atoms with Gasteiger partial charge in [-0.15, -0.1) is 11.3 Å². The van der Waals surface area contributed by atoms with Crippen LogP contribution in [0.15, 0.2) is 28.7 Å². The van der Waals surface area contributed by atoms with Crippen LogP contribution in [-0.4, -0.2) is 6.04 Å². The van der Waals surface area contributed by atoms with E-state index in [1.165, 1.54) is 15.8 Å². The summed E-state index contributed by atoms with van der Waals surface area (Å²) in [5.74, 6) is -0.0652. The van der Waals surface area contributed by atoms with Crippen molar-refractivity contribution in [1.82, 2.24) is 5.32 Å². The van der Waals surface area contributed by atoms with Crippen LogP contribution in [0.25, 0.3) is 0 Å². The van der Waals surface area contributed by atoms with Gasteiger partial charge in [0.05, 0.1) is 0 Å². The molecule has 1 aromatic carbocycles. The second-order valence-corrected chi connectivity index (χ2v) is 7.45. The number of ether oxygens (including phenoxy) is 1. The van der Waals surface area contributed by atoms with Crippen molar-refractivity contribution < 1.29 is 9.13 Å². The van der Waals surface area contributed by atoms with Crippen molar-refractivity contribution in [3.05, 3.63) is 49.9 Å².